The molecule has 0 bridgehead atoms. The summed E-state index contributed by atoms with van der Waals surface area (Å²) in [6.07, 6.45) is 4.84. The van der Waals surface area contributed by atoms with Gasteiger partial charge < -0.3 is 14.7 Å². The molecular weight excluding hydrogens is 388 g/mol. The lowest BCUT2D eigenvalue weighted by Gasteiger charge is -2.29. The van der Waals surface area contributed by atoms with Crippen LogP contribution in [0.15, 0.2) is 4.99 Å². The van der Waals surface area contributed by atoms with E-state index in [9.17, 15) is 10.1 Å². The van der Waals surface area contributed by atoms with Crippen LogP contribution in [-0.4, -0.2) is 33.8 Å². The Morgan fingerprint density at radius 1 is 1.06 bits per heavy atom. The molecule has 0 radical (unpaired) electrons. The van der Waals surface area contributed by atoms with Crippen LogP contribution in [0, 0.1) is 44.4 Å². The van der Waals surface area contributed by atoms with Gasteiger partial charge >= 0.3 is 5.97 Å². The van der Waals surface area contributed by atoms with Crippen molar-refractivity contribution < 1.29 is 9.53 Å². The topological polar surface area (TPSA) is 94.0 Å². The van der Waals surface area contributed by atoms with Crippen molar-refractivity contribution in [3.05, 3.63) is 44.3 Å². The first-order valence-electron chi connectivity index (χ1n) is 10.7. The molecule has 1 aliphatic heterocycles. The number of ether oxygens (including phenoxy) is 1. The van der Waals surface area contributed by atoms with Crippen molar-refractivity contribution in [2.24, 2.45) is 10.4 Å². The Kier molecular flexibility index (Phi) is 5.75. The largest absolute Gasteiger partial charge is 0.461 e. The standard InChI is InChI=1S/C25H32N4O2/c1-9-31-23(30)22-17(5)16(4)21(28-22)11-20-15(3)14(2)19(27-20)10-18-12-24(6,7)25(8,13-26)29-18/h10-11,27-28H,9,12H2,1-8H3/b19-10+,20-11-/t25-/m1/s1. The van der Waals surface area contributed by atoms with Crippen molar-refractivity contribution >= 4 is 23.8 Å². The first-order chi connectivity index (χ1) is 14.4. The molecule has 0 saturated heterocycles. The number of hydrogen-bond donors (Lipinski definition) is 2. The summed E-state index contributed by atoms with van der Waals surface area (Å²) in [7, 11) is 0. The molecule has 0 spiro atoms. The van der Waals surface area contributed by atoms with Gasteiger partial charge in [0.15, 0.2) is 0 Å². The Morgan fingerprint density at radius 2 is 1.68 bits per heavy atom. The summed E-state index contributed by atoms with van der Waals surface area (Å²) in [5.41, 5.74) is 5.58. The molecule has 164 valence electrons. The van der Waals surface area contributed by atoms with Gasteiger partial charge in [0.05, 0.1) is 12.7 Å². The Hall–Kier alpha value is -3.07. The molecule has 0 unspecified atom stereocenters. The SMILES string of the molecule is CCOC(=O)c1[nH]c(/C=c2\[nH]/c(=C/C3=N[C@](C)(C#N)C(C)(C)C3)c(C)c2C)c(C)c1C. The van der Waals surface area contributed by atoms with Gasteiger partial charge in [-0.05, 0) is 82.4 Å². The zero-order valence-corrected chi connectivity index (χ0v) is 19.8. The Labute approximate surface area is 183 Å². The molecule has 1 atom stereocenters. The minimum Gasteiger partial charge on any atom is -0.461 e. The summed E-state index contributed by atoms with van der Waals surface area (Å²) in [4.78, 5) is 23.7. The minimum absolute atomic E-state index is 0.208. The first-order valence-corrected chi connectivity index (χ1v) is 10.7. The average Bonchev–Trinajstić information content (AvgIpc) is 3.22. The monoisotopic (exact) mass is 420 g/mol. The summed E-state index contributed by atoms with van der Waals surface area (Å²) in [5.74, 6) is -0.335. The molecule has 0 saturated carbocycles. The van der Waals surface area contributed by atoms with E-state index in [4.69, 9.17) is 9.73 Å². The van der Waals surface area contributed by atoms with Crippen LogP contribution in [0.1, 0.15) is 72.6 Å². The van der Waals surface area contributed by atoms with Crippen molar-refractivity contribution in [2.45, 2.75) is 67.3 Å². The van der Waals surface area contributed by atoms with E-state index in [1.807, 2.05) is 26.8 Å². The lowest BCUT2D eigenvalue weighted by atomic mass is 9.74. The van der Waals surface area contributed by atoms with Gasteiger partial charge in [-0.25, -0.2) is 4.79 Å². The summed E-state index contributed by atoms with van der Waals surface area (Å²) in [6.45, 7) is 16.3. The quantitative estimate of drug-likeness (QED) is 0.741. The van der Waals surface area contributed by atoms with Crippen LogP contribution >= 0.6 is 0 Å². The Balaban J connectivity index is 2.07. The highest BCUT2D eigenvalue weighted by atomic mass is 16.5. The van der Waals surface area contributed by atoms with Gasteiger partial charge in [-0.2, -0.15) is 5.26 Å². The van der Waals surface area contributed by atoms with E-state index in [0.717, 1.165) is 50.8 Å². The van der Waals surface area contributed by atoms with E-state index in [2.05, 4.69) is 49.8 Å². The molecule has 0 aromatic carbocycles. The van der Waals surface area contributed by atoms with Gasteiger partial charge in [-0.15, -0.1) is 0 Å². The number of esters is 1. The fourth-order valence-electron chi connectivity index (χ4n) is 3.96. The molecule has 3 heterocycles. The third-order valence-corrected chi connectivity index (χ3v) is 6.85. The second kappa shape index (κ2) is 7.88. The van der Waals surface area contributed by atoms with Gasteiger partial charge in [0.2, 0.25) is 0 Å². The van der Waals surface area contributed by atoms with Gasteiger partial charge in [0.25, 0.3) is 0 Å². The number of nitrogens with zero attached hydrogens (tertiary/aromatic N) is 2. The predicted molar refractivity (Wildman–Crippen MR) is 124 cm³/mol. The smallest absolute Gasteiger partial charge is 0.355 e. The second-order valence-corrected chi connectivity index (χ2v) is 9.22. The fourth-order valence-corrected chi connectivity index (χ4v) is 3.96. The van der Waals surface area contributed by atoms with Crippen molar-refractivity contribution in [2.75, 3.05) is 6.61 Å². The third kappa shape index (κ3) is 3.85. The van der Waals surface area contributed by atoms with Gasteiger partial charge in [0, 0.05) is 27.5 Å². The molecule has 2 aromatic heterocycles. The molecule has 6 heteroatoms. The van der Waals surface area contributed by atoms with Gasteiger partial charge in [-0.1, -0.05) is 13.8 Å². The summed E-state index contributed by atoms with van der Waals surface area (Å²) < 4.78 is 5.16. The van der Waals surface area contributed by atoms with Crippen molar-refractivity contribution in [1.29, 1.82) is 5.26 Å². The molecule has 2 aromatic rings. The molecule has 0 fully saturated rings. The van der Waals surface area contributed by atoms with E-state index in [0.29, 0.717) is 12.3 Å². The molecular formula is C25H32N4O2. The van der Waals surface area contributed by atoms with E-state index < -0.39 is 5.54 Å². The van der Waals surface area contributed by atoms with Crippen LogP contribution in [-0.2, 0) is 4.74 Å². The maximum absolute atomic E-state index is 12.2. The zero-order valence-electron chi connectivity index (χ0n) is 19.8. The number of nitrogens with one attached hydrogen (secondary N) is 2. The highest BCUT2D eigenvalue weighted by Crippen LogP contribution is 2.42. The number of carbonyl (C=O) groups is 1. The highest BCUT2D eigenvalue weighted by Gasteiger charge is 2.46. The maximum atomic E-state index is 12.2. The summed E-state index contributed by atoms with van der Waals surface area (Å²) in [5, 5.41) is 11.6. The lowest BCUT2D eigenvalue weighted by molar-refractivity contribution is 0.0519. The van der Waals surface area contributed by atoms with Crippen LogP contribution in [0.3, 0.4) is 0 Å². The molecule has 2 N–H and O–H groups in total. The number of hydrogen-bond acceptors (Lipinski definition) is 4. The average molecular weight is 421 g/mol. The number of aromatic amines is 2. The van der Waals surface area contributed by atoms with Crippen LogP contribution in [0.5, 0.6) is 0 Å². The van der Waals surface area contributed by atoms with Crippen molar-refractivity contribution in [3.63, 3.8) is 0 Å². The first kappa shape index (κ1) is 22.6. The van der Waals surface area contributed by atoms with Crippen molar-refractivity contribution in [3.8, 4) is 6.07 Å². The van der Waals surface area contributed by atoms with Crippen molar-refractivity contribution in [1.82, 2.24) is 9.97 Å². The van der Waals surface area contributed by atoms with Crippen LogP contribution in [0.2, 0.25) is 0 Å². The molecule has 0 amide bonds. The molecule has 0 aliphatic carbocycles. The Bertz CT molecular complexity index is 1230. The molecule has 1 aliphatic rings. The van der Waals surface area contributed by atoms with Crippen LogP contribution in [0.4, 0.5) is 0 Å². The molecule has 3 rings (SSSR count). The van der Waals surface area contributed by atoms with Gasteiger partial charge in [0.1, 0.15) is 11.2 Å². The molecule has 31 heavy (non-hydrogen) atoms. The third-order valence-electron chi connectivity index (χ3n) is 6.85. The number of nitriles is 1. The normalized spacial score (nSPS) is 21.3. The fraction of sp³-hybridized carbons (Fsp3) is 0.480. The van der Waals surface area contributed by atoms with Crippen LogP contribution in [0.25, 0.3) is 12.2 Å². The number of carbonyl (C=O) groups excluding carboxylic acids is 1. The number of aromatic nitrogens is 2. The highest BCUT2D eigenvalue weighted by molar-refractivity contribution is 6.12. The number of aliphatic imine (C=N–C) groups is 1. The Morgan fingerprint density at radius 3 is 2.23 bits per heavy atom. The maximum Gasteiger partial charge on any atom is 0.355 e. The van der Waals surface area contributed by atoms with E-state index in [1.54, 1.807) is 6.92 Å². The zero-order chi connectivity index (χ0) is 23.1. The van der Waals surface area contributed by atoms with Gasteiger partial charge in [-0.3, -0.25) is 4.99 Å². The number of rotatable bonds is 4. The van der Waals surface area contributed by atoms with Crippen LogP contribution < -0.4 is 10.7 Å². The van der Waals surface area contributed by atoms with E-state index in [-0.39, 0.29) is 11.4 Å². The minimum atomic E-state index is -0.717. The predicted octanol–water partition coefficient (Wildman–Crippen LogP) is 3.52. The van der Waals surface area contributed by atoms with E-state index in [1.165, 1.54) is 0 Å². The van der Waals surface area contributed by atoms with E-state index >= 15 is 0 Å². The summed E-state index contributed by atoms with van der Waals surface area (Å²) >= 11 is 0. The lowest BCUT2D eigenvalue weighted by Crippen LogP contribution is -2.34. The molecule has 6 nitrogen and oxygen atoms in total. The second-order valence-electron chi connectivity index (χ2n) is 9.22. The summed E-state index contributed by atoms with van der Waals surface area (Å²) in [6, 6.07) is 2.38. The number of H-pyrrole nitrogens is 2.